The number of nitrogens with zero attached hydrogens (tertiary/aromatic N) is 3. The van der Waals surface area contributed by atoms with E-state index in [4.69, 9.17) is 0 Å². The molecule has 2 fully saturated rings. The molecular weight excluding hydrogens is 991 g/mol. The van der Waals surface area contributed by atoms with Crippen LogP contribution in [-0.4, -0.2) is 4.57 Å². The Bertz CT molecular complexity index is 4170. The molecule has 7 unspecified atom stereocenters. The second-order valence-electron chi connectivity index (χ2n) is 25.1. The van der Waals surface area contributed by atoms with Crippen LogP contribution in [0.2, 0.25) is 0 Å². The number of rotatable bonds is 10. The van der Waals surface area contributed by atoms with Gasteiger partial charge in [0.1, 0.15) is 0 Å². The monoisotopic (exact) mass is 1060 g/mol. The van der Waals surface area contributed by atoms with E-state index in [1.165, 1.54) is 131 Å². The molecule has 82 heavy (non-hydrogen) atoms. The van der Waals surface area contributed by atoms with Crippen molar-refractivity contribution in [3.8, 4) is 27.9 Å². The number of para-hydroxylation sites is 2. The van der Waals surface area contributed by atoms with Crippen LogP contribution < -0.4 is 9.80 Å². The van der Waals surface area contributed by atoms with Gasteiger partial charge in [-0.3, -0.25) is 0 Å². The van der Waals surface area contributed by atoms with Gasteiger partial charge in [-0.25, -0.2) is 0 Å². The zero-order valence-corrected chi connectivity index (χ0v) is 47.3. The number of allylic oxidation sites excluding steroid dienone is 8. The molecule has 6 aliphatic rings. The third-order valence-electron chi connectivity index (χ3n) is 20.4. The lowest BCUT2D eigenvalue weighted by Gasteiger charge is -2.38. The molecule has 0 spiro atoms. The maximum Gasteiger partial charge on any atom is 0.0541 e. The van der Waals surface area contributed by atoms with Gasteiger partial charge in [-0.1, -0.05) is 196 Å². The van der Waals surface area contributed by atoms with Crippen molar-refractivity contribution in [1.82, 2.24) is 4.57 Å². The van der Waals surface area contributed by atoms with Crippen LogP contribution in [0, 0.1) is 35.0 Å². The first-order valence-electron chi connectivity index (χ1n) is 30.4. The van der Waals surface area contributed by atoms with Crippen molar-refractivity contribution in [3.63, 3.8) is 0 Å². The van der Waals surface area contributed by atoms with E-state index < -0.39 is 0 Å². The maximum absolute atomic E-state index is 2.75. The zero-order valence-electron chi connectivity index (χ0n) is 47.3. The van der Waals surface area contributed by atoms with Crippen molar-refractivity contribution < 1.29 is 0 Å². The van der Waals surface area contributed by atoms with Gasteiger partial charge in [-0.2, -0.15) is 0 Å². The topological polar surface area (TPSA) is 11.4 Å². The van der Waals surface area contributed by atoms with Gasteiger partial charge in [0.15, 0.2) is 0 Å². The van der Waals surface area contributed by atoms with E-state index in [0.29, 0.717) is 23.7 Å². The first-order chi connectivity index (χ1) is 40.3. The van der Waals surface area contributed by atoms with E-state index in [1.807, 2.05) is 0 Å². The summed E-state index contributed by atoms with van der Waals surface area (Å²) < 4.78 is 2.44. The molecular formula is C79H69N3. The van der Waals surface area contributed by atoms with Gasteiger partial charge in [0, 0.05) is 56.5 Å². The Morgan fingerprint density at radius 3 is 1.67 bits per heavy atom. The van der Waals surface area contributed by atoms with Crippen LogP contribution in [0.1, 0.15) is 93.4 Å². The molecule has 16 rings (SSSR count). The van der Waals surface area contributed by atoms with Gasteiger partial charge in [0.05, 0.1) is 11.0 Å². The lowest BCUT2D eigenvalue weighted by molar-refractivity contribution is 0.230. The third kappa shape index (κ3) is 8.13. The number of hydrogen-bond acceptors (Lipinski definition) is 2. The Morgan fingerprint density at radius 1 is 0.463 bits per heavy atom. The lowest BCUT2D eigenvalue weighted by atomic mass is 9.70. The SMILES string of the molecule is CC1c2ccccc2-c2ccccc2C1c1ccc(N(C2=CC=C(c3ccc(N(C4=CC5C6CC7CC7C=C6C(C)(C)C5CC4)c4ccc(-n5c6ccccc6c6ccccc65)cc4)cc3)CC2)c2ccc(-c3ccccc3)cc2)cc1. The number of anilines is 4. The van der Waals surface area contributed by atoms with Gasteiger partial charge in [0.25, 0.3) is 0 Å². The average Bonchev–Trinajstić information content (AvgIpc) is 4.33. The first kappa shape index (κ1) is 49.2. The molecule has 7 atom stereocenters. The number of benzene rings is 9. The third-order valence-corrected chi connectivity index (χ3v) is 20.4. The largest absolute Gasteiger partial charge is 0.315 e. The Kier molecular flexibility index (Phi) is 11.7. The average molecular weight is 1060 g/mol. The highest BCUT2D eigenvalue weighted by molar-refractivity contribution is 6.09. The predicted molar refractivity (Wildman–Crippen MR) is 343 cm³/mol. The fourth-order valence-electron chi connectivity index (χ4n) is 16.3. The summed E-state index contributed by atoms with van der Waals surface area (Å²) in [5, 5.41) is 2.58. The maximum atomic E-state index is 2.75. The fourth-order valence-corrected chi connectivity index (χ4v) is 16.3. The van der Waals surface area contributed by atoms with Crippen molar-refractivity contribution in [2.75, 3.05) is 9.80 Å². The van der Waals surface area contributed by atoms with E-state index in [9.17, 15) is 0 Å². The second-order valence-corrected chi connectivity index (χ2v) is 25.1. The Balaban J connectivity index is 0.736. The summed E-state index contributed by atoms with van der Waals surface area (Å²) in [5.41, 5.74) is 25.3. The zero-order chi connectivity index (χ0) is 54.6. The minimum Gasteiger partial charge on any atom is -0.315 e. The summed E-state index contributed by atoms with van der Waals surface area (Å²) in [6.45, 7) is 7.54. The standard InChI is InChI=1S/C79H69N3/c1-51-66-17-7-8-18-67(66)68-19-9-10-22-71(68)78(51)56-31-39-61(40-32-56)80(59-33-25-53(26-34-59)52-15-5-4-6-16-52)60-35-27-54(28-36-60)55-29-37-62(38-30-55)81(65-45-46-74-73(50-65)72-48-57-47-58(57)49-75(72)79(74,2)3)63-41-43-64(44-42-63)82-76-23-13-11-20-69(76)70-21-12-14-24-77(70)82/h4-27,29-35,37-44,49-51,57-58,72-74,78H,28,36,45-48H2,1-3H3. The smallest absolute Gasteiger partial charge is 0.0541 e. The summed E-state index contributed by atoms with van der Waals surface area (Å²) in [6.07, 6.45) is 17.2. The van der Waals surface area contributed by atoms with Crippen molar-refractivity contribution in [3.05, 3.63) is 288 Å². The van der Waals surface area contributed by atoms with Crippen molar-refractivity contribution in [1.29, 1.82) is 0 Å². The quantitative estimate of drug-likeness (QED) is 0.126. The van der Waals surface area contributed by atoms with Crippen LogP contribution in [0.4, 0.5) is 22.7 Å². The number of fused-ring (bicyclic) bond motifs is 10. The number of aromatic nitrogens is 1. The van der Waals surface area contributed by atoms with Gasteiger partial charge in [0.2, 0.25) is 0 Å². The van der Waals surface area contributed by atoms with Crippen molar-refractivity contribution in [2.45, 2.75) is 71.1 Å². The van der Waals surface area contributed by atoms with Crippen LogP contribution in [-0.2, 0) is 0 Å². The summed E-state index contributed by atoms with van der Waals surface area (Å²) in [7, 11) is 0. The molecule has 1 aromatic heterocycles. The van der Waals surface area contributed by atoms with Crippen molar-refractivity contribution >= 4 is 50.1 Å². The molecule has 9 aromatic carbocycles. The lowest BCUT2D eigenvalue weighted by Crippen LogP contribution is -2.29. The van der Waals surface area contributed by atoms with E-state index in [1.54, 1.807) is 5.57 Å². The molecule has 0 N–H and O–H groups in total. The molecule has 0 radical (unpaired) electrons. The summed E-state index contributed by atoms with van der Waals surface area (Å²) in [4.78, 5) is 5.11. The van der Waals surface area contributed by atoms with Crippen LogP contribution in [0.15, 0.2) is 266 Å². The molecule has 0 aliphatic heterocycles. The summed E-state index contributed by atoms with van der Waals surface area (Å²) in [6, 6.07) is 84.1. The molecule has 1 heterocycles. The van der Waals surface area contributed by atoms with Gasteiger partial charge < -0.3 is 14.4 Å². The highest BCUT2D eigenvalue weighted by Crippen LogP contribution is 2.66. The predicted octanol–water partition coefficient (Wildman–Crippen LogP) is 20.9. The molecule has 10 aromatic rings. The highest BCUT2D eigenvalue weighted by atomic mass is 15.2. The van der Waals surface area contributed by atoms with E-state index in [2.05, 4.69) is 284 Å². The van der Waals surface area contributed by atoms with E-state index in [0.717, 1.165) is 31.1 Å². The second kappa shape index (κ2) is 19.5. The minimum absolute atomic E-state index is 0.257. The van der Waals surface area contributed by atoms with Gasteiger partial charge in [-0.05, 0) is 208 Å². The Morgan fingerprint density at radius 2 is 1.01 bits per heavy atom. The molecule has 400 valence electrons. The molecule has 3 heteroatoms. The van der Waals surface area contributed by atoms with E-state index in [-0.39, 0.29) is 11.3 Å². The molecule has 0 saturated heterocycles. The Hall–Kier alpha value is -8.66. The van der Waals surface area contributed by atoms with Crippen LogP contribution in [0.25, 0.3) is 55.3 Å². The van der Waals surface area contributed by atoms with Crippen LogP contribution in [0.3, 0.4) is 0 Å². The normalized spacial score (nSPS) is 22.8. The molecule has 2 saturated carbocycles. The van der Waals surface area contributed by atoms with E-state index >= 15 is 0 Å². The summed E-state index contributed by atoms with van der Waals surface area (Å²) >= 11 is 0. The minimum atomic E-state index is 0.257. The Labute approximate surface area is 483 Å². The van der Waals surface area contributed by atoms with Crippen LogP contribution in [0.5, 0.6) is 0 Å². The number of hydrogen-bond donors (Lipinski definition) is 0. The van der Waals surface area contributed by atoms with Gasteiger partial charge in [-0.15, -0.1) is 0 Å². The van der Waals surface area contributed by atoms with Gasteiger partial charge >= 0.3 is 0 Å². The highest BCUT2D eigenvalue weighted by Gasteiger charge is 2.56. The molecule has 0 bridgehead atoms. The van der Waals surface area contributed by atoms with Crippen molar-refractivity contribution in [2.24, 2.45) is 35.0 Å². The molecule has 0 amide bonds. The summed E-state index contributed by atoms with van der Waals surface area (Å²) in [5.74, 6) is 4.30. The molecule has 6 aliphatic carbocycles. The molecule has 3 nitrogen and oxygen atoms in total. The van der Waals surface area contributed by atoms with Crippen LogP contribution >= 0.6 is 0 Å². The fraction of sp³-hybridized carbons (Fsp3) is 0.215. The first-order valence-corrected chi connectivity index (χ1v) is 30.4.